The van der Waals surface area contributed by atoms with Crippen molar-refractivity contribution in [2.24, 2.45) is 0 Å². The van der Waals surface area contributed by atoms with Crippen molar-refractivity contribution in [3.05, 3.63) is 65.4 Å². The Bertz CT molecular complexity index is 1480. The molecule has 2 fully saturated rings. The molecule has 0 unspecified atom stereocenters. The first-order valence-electron chi connectivity index (χ1n) is 13.5. The number of hydrogen-bond acceptors (Lipinski definition) is 7. The van der Waals surface area contributed by atoms with Crippen LogP contribution >= 0.6 is 0 Å². The zero-order valence-corrected chi connectivity index (χ0v) is 23.2. The Kier molecular flexibility index (Phi) is 6.83. The normalized spacial score (nSPS) is 19.4. The van der Waals surface area contributed by atoms with Gasteiger partial charge in [-0.25, -0.2) is 13.1 Å². The number of ether oxygens (including phenoxy) is 2. The topological polar surface area (TPSA) is 94.0 Å². The van der Waals surface area contributed by atoms with E-state index in [4.69, 9.17) is 14.6 Å². The summed E-state index contributed by atoms with van der Waals surface area (Å²) in [6, 6.07) is 15.2. The smallest absolute Gasteiger partial charge is 0.274 e. The van der Waals surface area contributed by atoms with Crippen LogP contribution in [0.5, 0.6) is 0 Å². The van der Waals surface area contributed by atoms with Gasteiger partial charge < -0.3 is 14.4 Å². The molecule has 9 nitrogen and oxygen atoms in total. The van der Waals surface area contributed by atoms with E-state index in [2.05, 4.69) is 30.9 Å². The van der Waals surface area contributed by atoms with Crippen LogP contribution in [-0.4, -0.2) is 93.1 Å². The summed E-state index contributed by atoms with van der Waals surface area (Å²) in [7, 11) is -3.61. The van der Waals surface area contributed by atoms with Crippen molar-refractivity contribution in [2.75, 3.05) is 59.2 Å². The van der Waals surface area contributed by atoms with Crippen molar-refractivity contribution in [2.45, 2.75) is 29.9 Å². The quantitative estimate of drug-likeness (QED) is 0.482. The van der Waals surface area contributed by atoms with Crippen LogP contribution in [0.15, 0.2) is 53.4 Å². The number of rotatable bonds is 5. The number of fused-ring (bicyclic) bond motifs is 3. The van der Waals surface area contributed by atoms with Crippen molar-refractivity contribution in [3.8, 4) is 16.9 Å². The van der Waals surface area contributed by atoms with Gasteiger partial charge in [-0.1, -0.05) is 44.2 Å². The van der Waals surface area contributed by atoms with E-state index < -0.39 is 9.84 Å². The number of morpholine rings is 2. The highest BCUT2D eigenvalue weighted by Crippen LogP contribution is 2.41. The Balaban J connectivity index is 1.41. The number of benzene rings is 2. The van der Waals surface area contributed by atoms with Crippen LogP contribution in [0.4, 0.5) is 0 Å². The molecule has 3 aliphatic heterocycles. The number of amides is 1. The molecule has 0 aliphatic carbocycles. The maximum absolute atomic E-state index is 13.6. The minimum atomic E-state index is -3.61. The first-order valence-corrected chi connectivity index (χ1v) is 15.1. The Morgan fingerprint density at radius 2 is 1.56 bits per heavy atom. The number of hydrogen-bond donors (Lipinski definition) is 0. The summed E-state index contributed by atoms with van der Waals surface area (Å²) < 4.78 is 39.2. The van der Waals surface area contributed by atoms with Gasteiger partial charge in [-0.2, -0.15) is 5.10 Å². The molecule has 4 heterocycles. The van der Waals surface area contributed by atoms with Gasteiger partial charge in [-0.3, -0.25) is 9.69 Å². The minimum absolute atomic E-state index is 0.0719. The fourth-order valence-electron chi connectivity index (χ4n) is 5.80. The molecule has 0 bridgehead atoms. The highest BCUT2D eigenvalue weighted by Gasteiger charge is 2.37. The van der Waals surface area contributed by atoms with Crippen molar-refractivity contribution in [1.29, 1.82) is 0 Å². The van der Waals surface area contributed by atoms with Crippen LogP contribution in [0.1, 0.15) is 35.5 Å². The standard InChI is InChI=1S/C29H34N4O5S/c1-29(2,20-31-11-15-37-16-12-31)21-7-9-22(10-8-21)33-27-23-5-3-4-6-25(23)39(35,36)19-24(27)26(30-33)28(34)32-13-17-38-18-14-32/h3-10H,11-20H2,1-2H3. The molecule has 2 saturated heterocycles. The summed E-state index contributed by atoms with van der Waals surface area (Å²) in [6.45, 7) is 10.6. The lowest BCUT2D eigenvalue weighted by Gasteiger charge is -2.35. The van der Waals surface area contributed by atoms with Gasteiger partial charge in [0.2, 0.25) is 0 Å². The summed E-state index contributed by atoms with van der Waals surface area (Å²) in [5.74, 6) is -0.513. The minimum Gasteiger partial charge on any atom is -0.379 e. The zero-order chi connectivity index (χ0) is 27.2. The first kappa shape index (κ1) is 26.2. The van der Waals surface area contributed by atoms with Crippen LogP contribution in [0, 0.1) is 0 Å². The van der Waals surface area contributed by atoms with Gasteiger partial charge in [0, 0.05) is 49.3 Å². The largest absolute Gasteiger partial charge is 0.379 e. The number of carbonyl (C=O) groups excluding carboxylic acids is 1. The summed E-state index contributed by atoms with van der Waals surface area (Å²) in [5.41, 5.74) is 3.81. The SMILES string of the molecule is CC(C)(CN1CCOCC1)c1ccc(-n2nc(C(=O)N3CCOCC3)c3c2-c2ccccc2S(=O)(=O)C3)cc1. The number of carbonyl (C=O) groups is 1. The van der Waals surface area contributed by atoms with Crippen LogP contribution in [-0.2, 0) is 30.5 Å². The molecule has 2 aromatic carbocycles. The fourth-order valence-corrected chi connectivity index (χ4v) is 7.40. The van der Waals surface area contributed by atoms with E-state index in [1.807, 2.05) is 18.2 Å². The third kappa shape index (κ3) is 4.91. The first-order chi connectivity index (χ1) is 18.7. The third-order valence-electron chi connectivity index (χ3n) is 7.91. The van der Waals surface area contributed by atoms with E-state index in [-0.39, 0.29) is 27.7 Å². The Hall–Kier alpha value is -3.05. The number of nitrogens with zero attached hydrogens (tertiary/aromatic N) is 4. The molecule has 0 N–H and O–H groups in total. The number of sulfone groups is 1. The van der Waals surface area contributed by atoms with E-state index in [1.165, 1.54) is 5.56 Å². The lowest BCUT2D eigenvalue weighted by Crippen LogP contribution is -2.43. The van der Waals surface area contributed by atoms with Crippen LogP contribution in [0.2, 0.25) is 0 Å². The van der Waals surface area contributed by atoms with E-state index in [1.54, 1.807) is 27.8 Å². The van der Waals surface area contributed by atoms with Crippen molar-refractivity contribution < 1.29 is 22.7 Å². The summed E-state index contributed by atoms with van der Waals surface area (Å²) >= 11 is 0. The monoisotopic (exact) mass is 550 g/mol. The predicted octanol–water partition coefficient (Wildman–Crippen LogP) is 2.91. The molecule has 206 valence electrons. The lowest BCUT2D eigenvalue weighted by atomic mass is 9.84. The molecule has 1 aromatic heterocycles. The van der Waals surface area contributed by atoms with Crippen molar-refractivity contribution in [3.63, 3.8) is 0 Å². The van der Waals surface area contributed by atoms with Crippen molar-refractivity contribution in [1.82, 2.24) is 19.6 Å². The second-order valence-electron chi connectivity index (χ2n) is 11.1. The fraction of sp³-hybridized carbons (Fsp3) is 0.448. The second kappa shape index (κ2) is 10.2. The average molecular weight is 551 g/mol. The summed E-state index contributed by atoms with van der Waals surface area (Å²) in [6.07, 6.45) is 0. The second-order valence-corrected chi connectivity index (χ2v) is 13.0. The molecule has 10 heteroatoms. The predicted molar refractivity (Wildman–Crippen MR) is 147 cm³/mol. The van der Waals surface area contributed by atoms with Crippen LogP contribution in [0.3, 0.4) is 0 Å². The van der Waals surface area contributed by atoms with Gasteiger partial charge in [0.1, 0.15) is 0 Å². The van der Waals surface area contributed by atoms with Gasteiger partial charge in [-0.05, 0) is 23.8 Å². The third-order valence-corrected chi connectivity index (χ3v) is 9.61. The van der Waals surface area contributed by atoms with Gasteiger partial charge in [0.15, 0.2) is 15.5 Å². The molecule has 1 amide bonds. The van der Waals surface area contributed by atoms with Gasteiger partial charge >= 0.3 is 0 Å². The highest BCUT2D eigenvalue weighted by molar-refractivity contribution is 7.90. The van der Waals surface area contributed by atoms with E-state index in [0.717, 1.165) is 38.5 Å². The van der Waals surface area contributed by atoms with E-state index in [9.17, 15) is 13.2 Å². The molecule has 3 aliphatic rings. The molecular formula is C29H34N4O5S. The molecule has 0 radical (unpaired) electrons. The van der Waals surface area contributed by atoms with Crippen LogP contribution < -0.4 is 0 Å². The Morgan fingerprint density at radius 3 is 2.26 bits per heavy atom. The van der Waals surface area contributed by atoms with Gasteiger partial charge in [-0.15, -0.1) is 0 Å². The van der Waals surface area contributed by atoms with Gasteiger partial charge in [0.05, 0.1) is 48.5 Å². The zero-order valence-electron chi connectivity index (χ0n) is 22.4. The molecular weight excluding hydrogens is 516 g/mol. The maximum Gasteiger partial charge on any atom is 0.274 e. The van der Waals surface area contributed by atoms with E-state index in [0.29, 0.717) is 43.1 Å². The van der Waals surface area contributed by atoms with E-state index >= 15 is 0 Å². The average Bonchev–Trinajstić information content (AvgIpc) is 3.32. The summed E-state index contributed by atoms with van der Waals surface area (Å²) in [5, 5.41) is 4.79. The van der Waals surface area contributed by atoms with Crippen LogP contribution in [0.25, 0.3) is 16.9 Å². The molecule has 3 aromatic rings. The number of aromatic nitrogens is 2. The molecule has 0 saturated carbocycles. The maximum atomic E-state index is 13.6. The Morgan fingerprint density at radius 1 is 0.923 bits per heavy atom. The van der Waals surface area contributed by atoms with Gasteiger partial charge in [0.25, 0.3) is 5.91 Å². The molecule has 6 rings (SSSR count). The highest BCUT2D eigenvalue weighted by atomic mass is 32.2. The lowest BCUT2D eigenvalue weighted by molar-refractivity contribution is 0.0295. The molecule has 0 atom stereocenters. The Labute approximate surface area is 229 Å². The summed E-state index contributed by atoms with van der Waals surface area (Å²) in [4.78, 5) is 18.0. The molecule has 39 heavy (non-hydrogen) atoms. The molecule has 0 spiro atoms. The van der Waals surface area contributed by atoms with Crippen molar-refractivity contribution >= 4 is 15.7 Å².